The van der Waals surface area contributed by atoms with Gasteiger partial charge in [0.25, 0.3) is 0 Å². The van der Waals surface area contributed by atoms with Crippen molar-refractivity contribution < 1.29 is 9.84 Å². The highest BCUT2D eigenvalue weighted by molar-refractivity contribution is 5.15. The zero-order chi connectivity index (χ0) is 12.9. The zero-order valence-corrected chi connectivity index (χ0v) is 11.2. The highest BCUT2D eigenvalue weighted by Gasteiger charge is 1.94. The first kappa shape index (κ1) is 15.0. The molecular formula is C15H25NO2. The summed E-state index contributed by atoms with van der Waals surface area (Å²) in [5, 5.41) is 8.64. The normalized spacial score (nSPS) is 10.5. The van der Waals surface area contributed by atoms with Gasteiger partial charge in [-0.2, -0.15) is 0 Å². The Kier molecular flexibility index (Phi) is 9.17. The van der Waals surface area contributed by atoms with E-state index in [9.17, 15) is 0 Å². The fourth-order valence-corrected chi connectivity index (χ4v) is 1.90. The van der Waals surface area contributed by atoms with Gasteiger partial charge in [-0.15, -0.1) is 0 Å². The lowest BCUT2D eigenvalue weighted by Crippen LogP contribution is -1.97. The van der Waals surface area contributed by atoms with Gasteiger partial charge in [-0.05, 0) is 25.0 Å². The summed E-state index contributed by atoms with van der Waals surface area (Å²) in [5.74, 6) is 0.863. The molecule has 0 saturated heterocycles. The molecule has 1 heterocycles. The Labute approximate surface area is 110 Å². The second-order valence-electron chi connectivity index (χ2n) is 4.59. The number of rotatable bonds is 11. The molecule has 1 rings (SSSR count). The van der Waals surface area contributed by atoms with Gasteiger partial charge >= 0.3 is 0 Å². The van der Waals surface area contributed by atoms with E-state index in [0.29, 0.717) is 6.61 Å². The summed E-state index contributed by atoms with van der Waals surface area (Å²) < 4.78 is 5.58. The van der Waals surface area contributed by atoms with Crippen LogP contribution in [0.3, 0.4) is 0 Å². The molecule has 0 fully saturated rings. The van der Waals surface area contributed by atoms with Crippen molar-refractivity contribution >= 4 is 0 Å². The fourth-order valence-electron chi connectivity index (χ4n) is 1.90. The van der Waals surface area contributed by atoms with Crippen LogP contribution >= 0.6 is 0 Å². The van der Waals surface area contributed by atoms with Gasteiger partial charge in [0.05, 0.1) is 12.8 Å². The summed E-state index contributed by atoms with van der Waals surface area (Å²) >= 11 is 0. The largest absolute Gasteiger partial charge is 0.492 e. The van der Waals surface area contributed by atoms with E-state index in [1.54, 1.807) is 12.4 Å². The van der Waals surface area contributed by atoms with Crippen molar-refractivity contribution in [2.45, 2.75) is 51.4 Å². The molecule has 18 heavy (non-hydrogen) atoms. The summed E-state index contributed by atoms with van der Waals surface area (Å²) in [6.45, 7) is 1.13. The van der Waals surface area contributed by atoms with Crippen LogP contribution in [0.25, 0.3) is 0 Å². The van der Waals surface area contributed by atoms with Crippen LogP contribution in [0.1, 0.15) is 51.4 Å². The maximum Gasteiger partial charge on any atom is 0.137 e. The molecule has 0 aliphatic carbocycles. The van der Waals surface area contributed by atoms with Crippen molar-refractivity contribution in [3.8, 4) is 5.75 Å². The monoisotopic (exact) mass is 251 g/mol. The third kappa shape index (κ3) is 8.07. The Balaban J connectivity index is 1.82. The minimum absolute atomic E-state index is 0.339. The van der Waals surface area contributed by atoms with Crippen molar-refractivity contribution in [3.05, 3.63) is 24.5 Å². The van der Waals surface area contributed by atoms with Crippen LogP contribution in [-0.4, -0.2) is 23.3 Å². The summed E-state index contributed by atoms with van der Waals surface area (Å²) in [6.07, 6.45) is 13.1. The van der Waals surface area contributed by atoms with E-state index >= 15 is 0 Å². The second kappa shape index (κ2) is 11.0. The average Bonchev–Trinajstić information content (AvgIpc) is 2.42. The Bertz CT molecular complexity index is 277. The van der Waals surface area contributed by atoms with E-state index < -0.39 is 0 Å². The first-order valence-corrected chi connectivity index (χ1v) is 7.07. The van der Waals surface area contributed by atoms with E-state index in [-0.39, 0.29) is 0 Å². The number of ether oxygens (including phenoxy) is 1. The highest BCUT2D eigenvalue weighted by atomic mass is 16.5. The smallest absolute Gasteiger partial charge is 0.137 e. The van der Waals surface area contributed by atoms with Gasteiger partial charge in [0.1, 0.15) is 5.75 Å². The molecule has 0 aromatic carbocycles. The molecule has 0 spiro atoms. The molecule has 102 valence electrons. The van der Waals surface area contributed by atoms with Crippen LogP contribution in [0, 0.1) is 0 Å². The van der Waals surface area contributed by atoms with Crippen molar-refractivity contribution in [1.29, 1.82) is 0 Å². The highest BCUT2D eigenvalue weighted by Crippen LogP contribution is 2.10. The number of aliphatic hydroxyl groups is 1. The molecule has 1 aromatic rings. The fraction of sp³-hybridized carbons (Fsp3) is 0.667. The average molecular weight is 251 g/mol. The van der Waals surface area contributed by atoms with Gasteiger partial charge in [-0.25, -0.2) is 0 Å². The first-order chi connectivity index (χ1) is 8.93. The van der Waals surface area contributed by atoms with E-state index in [0.717, 1.165) is 25.2 Å². The van der Waals surface area contributed by atoms with Crippen molar-refractivity contribution in [1.82, 2.24) is 4.98 Å². The molecule has 0 aliphatic rings. The van der Waals surface area contributed by atoms with E-state index in [4.69, 9.17) is 9.84 Å². The van der Waals surface area contributed by atoms with E-state index in [1.165, 1.54) is 38.5 Å². The molecule has 1 N–H and O–H groups in total. The zero-order valence-electron chi connectivity index (χ0n) is 11.2. The molecule has 0 bridgehead atoms. The number of unbranched alkanes of at least 4 members (excludes halogenated alkanes) is 7. The predicted octanol–water partition coefficient (Wildman–Crippen LogP) is 3.57. The number of pyridine rings is 1. The molecule has 3 nitrogen and oxygen atoms in total. The lowest BCUT2D eigenvalue weighted by molar-refractivity contribution is 0.282. The summed E-state index contributed by atoms with van der Waals surface area (Å²) in [5.41, 5.74) is 0. The first-order valence-electron chi connectivity index (χ1n) is 7.07. The van der Waals surface area contributed by atoms with Crippen LogP contribution in [0.5, 0.6) is 5.75 Å². The molecule has 0 radical (unpaired) electrons. The SMILES string of the molecule is OCCCCCCCCCCOc1cccnc1. The topological polar surface area (TPSA) is 42.4 Å². The number of hydrogen-bond acceptors (Lipinski definition) is 3. The maximum absolute atomic E-state index is 8.64. The molecule has 1 aromatic heterocycles. The summed E-state index contributed by atoms with van der Waals surface area (Å²) in [4.78, 5) is 4.01. The third-order valence-electron chi connectivity index (χ3n) is 2.96. The van der Waals surface area contributed by atoms with Gasteiger partial charge in [0.15, 0.2) is 0 Å². The lowest BCUT2D eigenvalue weighted by atomic mass is 10.1. The Morgan fingerprint density at radius 2 is 1.61 bits per heavy atom. The van der Waals surface area contributed by atoms with Gasteiger partial charge in [0.2, 0.25) is 0 Å². The Hall–Kier alpha value is -1.09. The van der Waals surface area contributed by atoms with Crippen molar-refractivity contribution in [2.24, 2.45) is 0 Å². The van der Waals surface area contributed by atoms with Crippen molar-refractivity contribution in [2.75, 3.05) is 13.2 Å². The molecule has 0 aliphatic heterocycles. The number of hydrogen-bond donors (Lipinski definition) is 1. The number of aromatic nitrogens is 1. The maximum atomic E-state index is 8.64. The van der Waals surface area contributed by atoms with Crippen LogP contribution in [-0.2, 0) is 0 Å². The van der Waals surface area contributed by atoms with Gasteiger partial charge in [-0.1, -0.05) is 38.5 Å². The van der Waals surface area contributed by atoms with Gasteiger partial charge in [0, 0.05) is 12.8 Å². The quantitative estimate of drug-likeness (QED) is 0.611. The Morgan fingerprint density at radius 3 is 2.22 bits per heavy atom. The van der Waals surface area contributed by atoms with Gasteiger partial charge in [-0.3, -0.25) is 4.98 Å². The van der Waals surface area contributed by atoms with E-state index in [1.807, 2.05) is 12.1 Å². The lowest BCUT2D eigenvalue weighted by Gasteiger charge is -2.05. The predicted molar refractivity (Wildman–Crippen MR) is 73.8 cm³/mol. The standard InChI is InChI=1S/C15H25NO2/c17-12-7-5-3-1-2-4-6-8-13-18-15-10-9-11-16-14-15/h9-11,14,17H,1-8,12-13H2. The number of aliphatic hydroxyl groups excluding tert-OH is 1. The molecular weight excluding hydrogens is 226 g/mol. The van der Waals surface area contributed by atoms with Crippen molar-refractivity contribution in [3.63, 3.8) is 0 Å². The minimum atomic E-state index is 0.339. The van der Waals surface area contributed by atoms with Crippen LogP contribution in [0.2, 0.25) is 0 Å². The third-order valence-corrected chi connectivity index (χ3v) is 2.96. The van der Waals surface area contributed by atoms with Gasteiger partial charge < -0.3 is 9.84 Å². The van der Waals surface area contributed by atoms with Crippen LogP contribution in [0.4, 0.5) is 0 Å². The molecule has 3 heteroatoms. The molecule has 0 amide bonds. The molecule has 0 unspecified atom stereocenters. The van der Waals surface area contributed by atoms with Crippen LogP contribution < -0.4 is 4.74 Å². The van der Waals surface area contributed by atoms with Crippen LogP contribution in [0.15, 0.2) is 24.5 Å². The summed E-state index contributed by atoms with van der Waals surface area (Å²) in [7, 11) is 0. The number of nitrogens with zero attached hydrogens (tertiary/aromatic N) is 1. The Morgan fingerprint density at radius 1 is 0.944 bits per heavy atom. The summed E-state index contributed by atoms with van der Waals surface area (Å²) in [6, 6.07) is 3.83. The molecule has 0 saturated carbocycles. The second-order valence-corrected chi connectivity index (χ2v) is 4.59. The molecule has 0 atom stereocenters. The van der Waals surface area contributed by atoms with E-state index in [2.05, 4.69) is 4.98 Å². The minimum Gasteiger partial charge on any atom is -0.492 e.